The van der Waals surface area contributed by atoms with E-state index in [1.54, 1.807) is 0 Å². The second-order valence-corrected chi connectivity index (χ2v) is 5.92. The monoisotopic (exact) mass is 311 g/mol. The van der Waals surface area contributed by atoms with Crippen LogP contribution in [0.1, 0.15) is 12.5 Å². The zero-order valence-electron chi connectivity index (χ0n) is 8.34. The van der Waals surface area contributed by atoms with Crippen LogP contribution in [0.3, 0.4) is 0 Å². The van der Waals surface area contributed by atoms with Gasteiger partial charge in [0.1, 0.15) is 0 Å². The molecular formula is C10H8F3NSSe. The van der Waals surface area contributed by atoms with Crippen molar-refractivity contribution in [1.29, 1.82) is 0 Å². The molecule has 6 heteroatoms. The summed E-state index contributed by atoms with van der Waals surface area (Å²) >= 11 is 5.08. The Labute approximate surface area is 101 Å². The van der Waals surface area contributed by atoms with Crippen molar-refractivity contribution in [2.24, 2.45) is 0 Å². The average Bonchev–Trinajstić information content (AvgIpc) is 2.54. The standard InChI is InChI=1S/C10H8F3NSSe/c1-2-14-9(15)7-4-3-6(10(11,12)13)5-8(7)16-14/h3-5H,2H2,1H3. The van der Waals surface area contributed by atoms with Gasteiger partial charge in [-0.25, -0.2) is 0 Å². The molecule has 0 N–H and O–H groups in total. The van der Waals surface area contributed by atoms with Gasteiger partial charge < -0.3 is 0 Å². The molecule has 0 saturated carbocycles. The molecule has 0 unspecified atom stereocenters. The Kier molecular flexibility index (Phi) is 2.99. The topological polar surface area (TPSA) is 4.93 Å². The summed E-state index contributed by atoms with van der Waals surface area (Å²) < 4.78 is 40.8. The van der Waals surface area contributed by atoms with Crippen molar-refractivity contribution in [2.75, 3.05) is 0 Å². The molecule has 1 aromatic heterocycles. The summed E-state index contributed by atoms with van der Waals surface area (Å²) in [5, 5.41) is 0.782. The van der Waals surface area contributed by atoms with E-state index in [9.17, 15) is 13.2 Å². The van der Waals surface area contributed by atoms with E-state index in [-0.39, 0.29) is 14.7 Å². The van der Waals surface area contributed by atoms with Crippen LogP contribution in [0, 0.1) is 4.64 Å². The van der Waals surface area contributed by atoms with Crippen molar-refractivity contribution in [3.8, 4) is 0 Å². The van der Waals surface area contributed by atoms with Gasteiger partial charge in [-0.1, -0.05) is 0 Å². The molecule has 1 aromatic carbocycles. The minimum absolute atomic E-state index is 0.109. The summed E-state index contributed by atoms with van der Waals surface area (Å²) in [7, 11) is 0. The number of hydrogen-bond acceptors (Lipinski definition) is 1. The van der Waals surface area contributed by atoms with Crippen LogP contribution in [0.5, 0.6) is 0 Å². The predicted octanol–water partition coefficient (Wildman–Crippen LogP) is 3.47. The predicted molar refractivity (Wildman–Crippen MR) is 60.4 cm³/mol. The Balaban J connectivity index is 2.69. The second kappa shape index (κ2) is 4.02. The number of aryl methyl sites for hydroxylation is 1. The van der Waals surface area contributed by atoms with Gasteiger partial charge in [-0.2, -0.15) is 0 Å². The Bertz CT molecular complexity index is 582. The van der Waals surface area contributed by atoms with Gasteiger partial charge in [-0.15, -0.1) is 0 Å². The number of alkyl halides is 3. The molecule has 16 heavy (non-hydrogen) atoms. The van der Waals surface area contributed by atoms with E-state index >= 15 is 0 Å². The number of halogens is 3. The molecular weight excluding hydrogens is 302 g/mol. The van der Waals surface area contributed by atoms with E-state index in [0.717, 1.165) is 22.3 Å². The molecule has 0 atom stereocenters. The van der Waals surface area contributed by atoms with Crippen molar-refractivity contribution >= 4 is 36.6 Å². The third-order valence-electron chi connectivity index (χ3n) is 2.26. The van der Waals surface area contributed by atoms with E-state index in [4.69, 9.17) is 12.2 Å². The first-order chi connectivity index (χ1) is 7.43. The Morgan fingerprint density at radius 1 is 1.38 bits per heavy atom. The second-order valence-electron chi connectivity index (χ2n) is 3.30. The summed E-state index contributed by atoms with van der Waals surface area (Å²) in [5.41, 5.74) is -0.589. The fourth-order valence-electron chi connectivity index (χ4n) is 1.45. The normalized spacial score (nSPS) is 12.2. The van der Waals surface area contributed by atoms with Gasteiger partial charge >= 0.3 is 101 Å². The van der Waals surface area contributed by atoms with Crippen molar-refractivity contribution in [3.05, 3.63) is 28.4 Å². The number of hydrogen-bond donors (Lipinski definition) is 0. The summed E-state index contributed by atoms with van der Waals surface area (Å²) in [6.07, 6.45) is -4.27. The first kappa shape index (κ1) is 11.9. The van der Waals surface area contributed by atoms with Crippen LogP contribution < -0.4 is 0 Å². The van der Waals surface area contributed by atoms with Crippen LogP contribution in [0.25, 0.3) is 9.65 Å². The van der Waals surface area contributed by atoms with Gasteiger partial charge in [0.2, 0.25) is 0 Å². The SMILES string of the molecule is CCn1[se]c2cc(C(F)(F)F)ccc2c1=S. The minimum atomic E-state index is -4.27. The molecule has 86 valence electrons. The molecule has 0 bridgehead atoms. The fraction of sp³-hybridized carbons (Fsp3) is 0.300. The maximum absolute atomic E-state index is 12.5. The molecule has 0 radical (unpaired) electrons. The third-order valence-corrected chi connectivity index (χ3v) is 5.47. The van der Waals surface area contributed by atoms with Gasteiger partial charge in [0, 0.05) is 0 Å². The van der Waals surface area contributed by atoms with Crippen LogP contribution in [-0.4, -0.2) is 18.3 Å². The molecule has 0 saturated heterocycles. The van der Waals surface area contributed by atoms with Gasteiger partial charge in [-0.3, -0.25) is 0 Å². The first-order valence-corrected chi connectivity index (χ1v) is 6.67. The number of nitrogens with zero attached hydrogens (tertiary/aromatic N) is 1. The molecule has 0 spiro atoms. The van der Waals surface area contributed by atoms with Crippen molar-refractivity contribution in [3.63, 3.8) is 0 Å². The van der Waals surface area contributed by atoms with E-state index in [0.29, 0.717) is 4.64 Å². The van der Waals surface area contributed by atoms with Crippen LogP contribution in [0.4, 0.5) is 13.2 Å². The molecule has 1 nitrogen and oxygen atoms in total. The number of rotatable bonds is 1. The van der Waals surface area contributed by atoms with Crippen LogP contribution >= 0.6 is 12.2 Å². The van der Waals surface area contributed by atoms with Crippen LogP contribution in [-0.2, 0) is 12.7 Å². The summed E-state index contributed by atoms with van der Waals surface area (Å²) in [6.45, 7) is 2.69. The molecule has 2 aromatic rings. The van der Waals surface area contributed by atoms with E-state index < -0.39 is 11.7 Å². The Hall–Kier alpha value is -0.581. The fourth-order valence-corrected chi connectivity index (χ4v) is 4.18. The van der Waals surface area contributed by atoms with E-state index in [1.807, 2.05) is 10.5 Å². The summed E-state index contributed by atoms with van der Waals surface area (Å²) in [4.78, 5) is 0. The number of aromatic nitrogens is 1. The summed E-state index contributed by atoms with van der Waals surface area (Å²) in [6, 6.07) is 3.80. The van der Waals surface area contributed by atoms with Crippen molar-refractivity contribution in [2.45, 2.75) is 19.6 Å². The van der Waals surface area contributed by atoms with E-state index in [1.165, 1.54) is 12.1 Å². The zero-order chi connectivity index (χ0) is 11.9. The maximum atomic E-state index is 12.5. The molecule has 0 fully saturated rings. The van der Waals surface area contributed by atoms with Crippen molar-refractivity contribution in [1.82, 2.24) is 3.56 Å². The molecule has 0 aliphatic carbocycles. The number of fused-ring (bicyclic) bond motifs is 1. The van der Waals surface area contributed by atoms with Gasteiger partial charge in [0.05, 0.1) is 0 Å². The zero-order valence-corrected chi connectivity index (χ0v) is 10.9. The average molecular weight is 310 g/mol. The quantitative estimate of drug-likeness (QED) is 0.577. The van der Waals surface area contributed by atoms with Gasteiger partial charge in [-0.05, 0) is 0 Å². The van der Waals surface area contributed by atoms with Gasteiger partial charge in [0.25, 0.3) is 0 Å². The van der Waals surface area contributed by atoms with Crippen molar-refractivity contribution < 1.29 is 13.2 Å². The Morgan fingerprint density at radius 3 is 2.62 bits per heavy atom. The molecule has 0 amide bonds. The van der Waals surface area contributed by atoms with Gasteiger partial charge in [0.15, 0.2) is 0 Å². The van der Waals surface area contributed by atoms with Crippen LogP contribution in [0.2, 0.25) is 0 Å². The molecule has 1 heterocycles. The van der Waals surface area contributed by atoms with E-state index in [2.05, 4.69) is 0 Å². The molecule has 0 aliphatic heterocycles. The van der Waals surface area contributed by atoms with Crippen LogP contribution in [0.15, 0.2) is 18.2 Å². The molecule has 0 aliphatic rings. The summed E-state index contributed by atoms with van der Waals surface area (Å²) in [5.74, 6) is 0. The molecule has 2 rings (SSSR count). The third kappa shape index (κ3) is 1.97. The Morgan fingerprint density at radius 2 is 2.06 bits per heavy atom. The first-order valence-electron chi connectivity index (χ1n) is 4.64. The number of benzene rings is 1.